The monoisotopic (exact) mass is 463 g/mol. The summed E-state index contributed by atoms with van der Waals surface area (Å²) in [4.78, 5) is 4.32. The van der Waals surface area contributed by atoms with Crippen molar-refractivity contribution in [1.29, 1.82) is 0 Å². The summed E-state index contributed by atoms with van der Waals surface area (Å²) in [7, 11) is 1.70. The first-order valence-electron chi connectivity index (χ1n) is 11.4. The Hall–Kier alpha value is -4.25. The molecular formula is C30H29N3O2. The maximum absolute atomic E-state index is 6.02. The van der Waals surface area contributed by atoms with Crippen molar-refractivity contribution in [3.63, 3.8) is 0 Å². The van der Waals surface area contributed by atoms with Crippen LogP contribution in [-0.4, -0.2) is 23.1 Å². The topological polar surface area (TPSA) is 60.5 Å². The van der Waals surface area contributed by atoms with Gasteiger partial charge in [-0.25, -0.2) is 0 Å². The standard InChI is InChI=1S/C30H29N3O2/c1-7-21-8-10-24(11-9-21)28-32-33-29(35-28)25-14-12-23(13-15-25)27(31-6)34-20(2)22-16-18-26(19-17-22)30(3,4)5/h7-19H,1-2H2,3-6H3. The van der Waals surface area contributed by atoms with Crippen LogP contribution in [0.1, 0.15) is 43.0 Å². The van der Waals surface area contributed by atoms with Gasteiger partial charge in [0, 0.05) is 29.3 Å². The van der Waals surface area contributed by atoms with Gasteiger partial charge in [-0.3, -0.25) is 4.99 Å². The molecule has 0 bridgehead atoms. The molecule has 0 spiro atoms. The van der Waals surface area contributed by atoms with E-state index in [0.29, 0.717) is 23.4 Å². The SMILES string of the molecule is C=Cc1ccc(-c2nnc(-c3ccc(C(=NC)OC(=C)c4ccc(C(C)(C)C)cc4)cc3)o2)cc1. The van der Waals surface area contributed by atoms with Crippen LogP contribution in [0.15, 0.2) is 95.4 Å². The third kappa shape index (κ3) is 5.46. The number of hydrogen-bond acceptors (Lipinski definition) is 5. The van der Waals surface area contributed by atoms with Crippen LogP contribution >= 0.6 is 0 Å². The summed E-state index contributed by atoms with van der Waals surface area (Å²) in [5.41, 5.74) is 5.78. The third-order valence-electron chi connectivity index (χ3n) is 5.69. The fourth-order valence-corrected chi connectivity index (χ4v) is 3.54. The number of hydrogen-bond donors (Lipinski definition) is 0. The molecule has 1 aromatic heterocycles. The molecule has 0 amide bonds. The lowest BCUT2D eigenvalue weighted by Crippen LogP contribution is -2.11. The molecule has 4 aromatic rings. The average Bonchev–Trinajstić information content (AvgIpc) is 3.37. The highest BCUT2D eigenvalue weighted by Crippen LogP contribution is 2.27. The fourth-order valence-electron chi connectivity index (χ4n) is 3.54. The highest BCUT2D eigenvalue weighted by molar-refractivity contribution is 5.97. The van der Waals surface area contributed by atoms with Gasteiger partial charge in [0.25, 0.3) is 0 Å². The van der Waals surface area contributed by atoms with Crippen LogP contribution < -0.4 is 0 Å². The molecule has 0 aliphatic rings. The van der Waals surface area contributed by atoms with E-state index in [1.165, 1.54) is 5.56 Å². The summed E-state index contributed by atoms with van der Waals surface area (Å²) < 4.78 is 11.9. The number of aromatic nitrogens is 2. The largest absolute Gasteiger partial charge is 0.439 e. The van der Waals surface area contributed by atoms with Crippen molar-refractivity contribution in [3.05, 3.63) is 108 Å². The zero-order valence-corrected chi connectivity index (χ0v) is 20.6. The molecule has 3 aromatic carbocycles. The molecule has 0 atom stereocenters. The van der Waals surface area contributed by atoms with Gasteiger partial charge in [0.2, 0.25) is 17.7 Å². The zero-order chi connectivity index (χ0) is 25.0. The minimum absolute atomic E-state index is 0.0910. The number of rotatable bonds is 6. The van der Waals surface area contributed by atoms with Crippen molar-refractivity contribution < 1.29 is 9.15 Å². The Kier molecular flexibility index (Phi) is 6.78. The Labute approximate surface area is 206 Å². The first kappa shape index (κ1) is 23.9. The van der Waals surface area contributed by atoms with Crippen LogP contribution in [0.25, 0.3) is 34.7 Å². The highest BCUT2D eigenvalue weighted by Gasteiger charge is 2.15. The van der Waals surface area contributed by atoms with E-state index in [1.54, 1.807) is 13.1 Å². The number of aliphatic imine (C=N–C) groups is 1. The van der Waals surface area contributed by atoms with Crippen LogP contribution in [0.5, 0.6) is 0 Å². The first-order chi connectivity index (χ1) is 16.8. The summed E-state index contributed by atoms with van der Waals surface area (Å²) in [5.74, 6) is 1.93. The Morgan fingerprint density at radius 3 is 1.83 bits per heavy atom. The van der Waals surface area contributed by atoms with E-state index in [9.17, 15) is 0 Å². The molecule has 0 unspecified atom stereocenters. The normalized spacial score (nSPS) is 11.8. The molecule has 0 aliphatic carbocycles. The molecule has 0 fully saturated rings. The van der Waals surface area contributed by atoms with E-state index < -0.39 is 0 Å². The quantitative estimate of drug-likeness (QED) is 0.170. The van der Waals surface area contributed by atoms with E-state index >= 15 is 0 Å². The van der Waals surface area contributed by atoms with E-state index in [1.807, 2.05) is 60.7 Å². The lowest BCUT2D eigenvalue weighted by Gasteiger charge is -2.19. The fraction of sp³-hybridized carbons (Fsp3) is 0.167. The van der Waals surface area contributed by atoms with E-state index in [0.717, 1.165) is 27.8 Å². The van der Waals surface area contributed by atoms with Crippen molar-refractivity contribution in [1.82, 2.24) is 10.2 Å². The second-order valence-corrected chi connectivity index (χ2v) is 9.20. The molecule has 176 valence electrons. The average molecular weight is 464 g/mol. The molecular weight excluding hydrogens is 434 g/mol. The number of nitrogens with zero attached hydrogens (tertiary/aromatic N) is 3. The van der Waals surface area contributed by atoms with Gasteiger partial charge < -0.3 is 9.15 Å². The van der Waals surface area contributed by atoms with Gasteiger partial charge in [-0.1, -0.05) is 76.4 Å². The lowest BCUT2D eigenvalue weighted by molar-refractivity contribution is 0.509. The van der Waals surface area contributed by atoms with E-state index in [-0.39, 0.29) is 5.41 Å². The Bertz CT molecular complexity index is 1360. The second kappa shape index (κ2) is 9.94. The van der Waals surface area contributed by atoms with Gasteiger partial charge in [-0.15, -0.1) is 10.2 Å². The minimum atomic E-state index is 0.0910. The van der Waals surface area contributed by atoms with Crippen LogP contribution in [0.4, 0.5) is 0 Å². The van der Waals surface area contributed by atoms with Crippen LogP contribution in [0.3, 0.4) is 0 Å². The summed E-state index contributed by atoms with van der Waals surface area (Å²) in [6.45, 7) is 14.4. The molecule has 0 saturated heterocycles. The molecule has 5 nitrogen and oxygen atoms in total. The van der Waals surface area contributed by atoms with Crippen LogP contribution in [-0.2, 0) is 10.2 Å². The molecule has 4 rings (SSSR count). The molecule has 0 radical (unpaired) electrons. The van der Waals surface area contributed by atoms with Crippen LogP contribution in [0.2, 0.25) is 0 Å². The van der Waals surface area contributed by atoms with Gasteiger partial charge in [0.05, 0.1) is 0 Å². The molecule has 0 aliphatic heterocycles. The smallest absolute Gasteiger partial charge is 0.248 e. The minimum Gasteiger partial charge on any atom is -0.439 e. The molecule has 35 heavy (non-hydrogen) atoms. The van der Waals surface area contributed by atoms with Crippen LogP contribution in [0, 0.1) is 0 Å². The molecule has 1 heterocycles. The molecule has 0 N–H and O–H groups in total. The zero-order valence-electron chi connectivity index (χ0n) is 20.6. The number of ether oxygens (including phenoxy) is 1. The van der Waals surface area contributed by atoms with Crippen molar-refractivity contribution in [2.75, 3.05) is 7.05 Å². The van der Waals surface area contributed by atoms with E-state index in [2.05, 4.69) is 61.3 Å². The maximum atomic E-state index is 6.02. The lowest BCUT2D eigenvalue weighted by atomic mass is 9.86. The first-order valence-corrected chi connectivity index (χ1v) is 11.4. The summed E-state index contributed by atoms with van der Waals surface area (Å²) in [6.07, 6.45) is 1.79. The van der Waals surface area contributed by atoms with Crippen molar-refractivity contribution in [3.8, 4) is 22.9 Å². The van der Waals surface area contributed by atoms with Gasteiger partial charge in [-0.05, 0) is 52.9 Å². The Morgan fingerprint density at radius 1 is 0.829 bits per heavy atom. The summed E-state index contributed by atoms with van der Waals surface area (Å²) in [5, 5.41) is 8.38. The molecule has 0 saturated carbocycles. The predicted molar refractivity (Wildman–Crippen MR) is 143 cm³/mol. The maximum Gasteiger partial charge on any atom is 0.248 e. The number of benzene rings is 3. The van der Waals surface area contributed by atoms with Gasteiger partial charge >= 0.3 is 0 Å². The molecule has 5 heteroatoms. The van der Waals surface area contributed by atoms with Gasteiger partial charge in [-0.2, -0.15) is 0 Å². The highest BCUT2D eigenvalue weighted by atomic mass is 16.5. The van der Waals surface area contributed by atoms with Crippen molar-refractivity contribution >= 4 is 17.7 Å². The Morgan fingerprint density at radius 2 is 1.34 bits per heavy atom. The predicted octanol–water partition coefficient (Wildman–Crippen LogP) is 7.41. The summed E-state index contributed by atoms with van der Waals surface area (Å²) in [6, 6.07) is 23.7. The second-order valence-electron chi connectivity index (χ2n) is 9.20. The van der Waals surface area contributed by atoms with Crippen molar-refractivity contribution in [2.45, 2.75) is 26.2 Å². The van der Waals surface area contributed by atoms with Gasteiger partial charge in [0.1, 0.15) is 5.76 Å². The summed E-state index contributed by atoms with van der Waals surface area (Å²) >= 11 is 0. The Balaban J connectivity index is 1.47. The van der Waals surface area contributed by atoms with E-state index in [4.69, 9.17) is 9.15 Å². The van der Waals surface area contributed by atoms with Gasteiger partial charge in [0.15, 0.2) is 0 Å². The third-order valence-corrected chi connectivity index (χ3v) is 5.69. The van der Waals surface area contributed by atoms with Crippen molar-refractivity contribution in [2.24, 2.45) is 4.99 Å².